The number of Topliss-reactive ketones (excluding diaryl/α,β-unsaturated/α-hetero) is 1. The van der Waals surface area contributed by atoms with E-state index in [2.05, 4.69) is 0 Å². The van der Waals surface area contributed by atoms with E-state index in [1.807, 2.05) is 0 Å². The smallest absolute Gasteiger partial charge is 0.315 e. The van der Waals surface area contributed by atoms with Crippen molar-refractivity contribution in [1.29, 1.82) is 0 Å². The third kappa shape index (κ3) is 2.74. The highest BCUT2D eigenvalue weighted by Crippen LogP contribution is 2.52. The number of carbonyl (C=O) groups is 2. The lowest BCUT2D eigenvalue weighted by atomic mass is 9.29. The zero-order chi connectivity index (χ0) is 15.1. The van der Waals surface area contributed by atoms with Gasteiger partial charge in [-0.05, 0) is 34.2 Å². The van der Waals surface area contributed by atoms with Gasteiger partial charge >= 0.3 is 5.97 Å². The predicted octanol–water partition coefficient (Wildman–Crippen LogP) is -0.750. The van der Waals surface area contributed by atoms with Gasteiger partial charge in [-0.25, -0.2) is 0 Å². The van der Waals surface area contributed by atoms with Crippen molar-refractivity contribution in [2.45, 2.75) is 36.0 Å². The lowest BCUT2D eigenvalue weighted by Gasteiger charge is -2.57. The third-order valence-corrected chi connectivity index (χ3v) is 5.47. The average Bonchev–Trinajstić information content (AvgIpc) is 3.10. The summed E-state index contributed by atoms with van der Waals surface area (Å²) in [6.07, 6.45) is 2.17. The number of esters is 1. The number of piperidine rings is 1. The Balaban J connectivity index is 2.25. The predicted molar refractivity (Wildman–Crippen MR) is 81.6 cm³/mol. The van der Waals surface area contributed by atoms with Gasteiger partial charge in [0.15, 0.2) is 5.78 Å². The fourth-order valence-electron chi connectivity index (χ4n) is 2.25. The molecule has 8 radical (unpaired) electrons. The van der Waals surface area contributed by atoms with E-state index in [4.69, 9.17) is 36.1 Å². The maximum atomic E-state index is 12.2. The van der Waals surface area contributed by atoms with Crippen molar-refractivity contribution in [2.75, 3.05) is 13.2 Å². The zero-order valence-electron chi connectivity index (χ0n) is 11.5. The van der Waals surface area contributed by atoms with Gasteiger partial charge < -0.3 is 4.74 Å². The van der Waals surface area contributed by atoms with Gasteiger partial charge in [-0.15, -0.1) is 0 Å². The Hall–Kier alpha value is -0.210. The van der Waals surface area contributed by atoms with Crippen LogP contribution in [0.1, 0.15) is 19.8 Å². The first kappa shape index (κ1) is 16.2. The fraction of sp³-hybridized carbons (Fsp3) is 0.818. The highest BCUT2D eigenvalue weighted by Gasteiger charge is 2.55. The van der Waals surface area contributed by atoms with Crippen LogP contribution in [0.3, 0.4) is 0 Å². The number of hydrogen-bond acceptors (Lipinski definition) is 4. The molecule has 0 aromatic carbocycles. The van der Waals surface area contributed by atoms with Crippen molar-refractivity contribution in [3.63, 3.8) is 0 Å². The van der Waals surface area contributed by atoms with E-state index < -0.39 is 28.2 Å². The molecule has 20 heavy (non-hydrogen) atoms. The normalized spacial score (nSPS) is 29.6. The van der Waals surface area contributed by atoms with Crippen molar-refractivity contribution in [1.82, 2.24) is 4.67 Å². The standard InChI is InChI=1S/C11H14B4NO3P/c1-2-19-9(18)8-7(17)5-16(20-6-3-4-6)11(14,15)10(8,12)13/h6,8,20H,2-5H2,1H3. The van der Waals surface area contributed by atoms with Crippen LogP contribution >= 0.6 is 8.73 Å². The SMILES string of the molecule is [B]C1([B])C(C(=O)OCC)C(=O)CN(PC2CC2)C1([B])[B]. The second kappa shape index (κ2) is 5.53. The Bertz CT molecular complexity index is 428. The molecular weight excluding hydrogens is 268 g/mol. The summed E-state index contributed by atoms with van der Waals surface area (Å²) < 4.78 is 6.46. The molecule has 0 aromatic heterocycles. The van der Waals surface area contributed by atoms with E-state index in [1.165, 1.54) is 0 Å². The number of carbonyl (C=O) groups excluding carboxylic acids is 2. The zero-order valence-corrected chi connectivity index (χ0v) is 12.5. The summed E-state index contributed by atoms with van der Waals surface area (Å²) in [5, 5.41) is -3.49. The molecule has 2 fully saturated rings. The lowest BCUT2D eigenvalue weighted by molar-refractivity contribution is -0.154. The van der Waals surface area contributed by atoms with Crippen LogP contribution in [0.5, 0.6) is 0 Å². The molecule has 4 nitrogen and oxygen atoms in total. The average molecular weight is 282 g/mol. The minimum absolute atomic E-state index is 0.0262. The number of ketones is 1. The van der Waals surface area contributed by atoms with Crippen LogP contribution in [-0.2, 0) is 14.3 Å². The number of ether oxygens (including phenoxy) is 1. The third-order valence-electron chi connectivity index (χ3n) is 3.69. The quantitative estimate of drug-likeness (QED) is 0.295. The number of rotatable bonds is 4. The minimum atomic E-state index is -1.86. The van der Waals surface area contributed by atoms with Crippen molar-refractivity contribution in [2.24, 2.45) is 5.92 Å². The molecule has 2 rings (SSSR count). The van der Waals surface area contributed by atoms with Crippen LogP contribution in [0.2, 0.25) is 5.21 Å². The van der Waals surface area contributed by atoms with Gasteiger partial charge in [0.25, 0.3) is 0 Å². The Labute approximate surface area is 126 Å². The molecule has 2 atom stereocenters. The molecule has 2 aliphatic rings. The van der Waals surface area contributed by atoms with Crippen molar-refractivity contribution in [3.05, 3.63) is 0 Å². The molecule has 0 aromatic rings. The summed E-state index contributed by atoms with van der Waals surface area (Å²) >= 11 is 0. The molecule has 0 bridgehead atoms. The van der Waals surface area contributed by atoms with Gasteiger partial charge in [0.2, 0.25) is 0 Å². The second-order valence-electron chi connectivity index (χ2n) is 5.40. The molecule has 1 aliphatic heterocycles. The van der Waals surface area contributed by atoms with E-state index in [0.29, 0.717) is 5.66 Å². The molecule has 1 aliphatic carbocycles. The van der Waals surface area contributed by atoms with Gasteiger partial charge in [0.1, 0.15) is 5.92 Å². The van der Waals surface area contributed by atoms with Crippen LogP contribution in [0.4, 0.5) is 0 Å². The topological polar surface area (TPSA) is 46.6 Å². The number of hydrogen-bond donors (Lipinski definition) is 0. The molecule has 9 heteroatoms. The first-order chi connectivity index (χ1) is 9.21. The van der Waals surface area contributed by atoms with Crippen LogP contribution < -0.4 is 0 Å². The molecule has 98 valence electrons. The Morgan fingerprint density at radius 3 is 2.50 bits per heavy atom. The molecule has 0 amide bonds. The second-order valence-corrected chi connectivity index (χ2v) is 7.01. The van der Waals surface area contributed by atoms with Crippen LogP contribution in [0.15, 0.2) is 0 Å². The van der Waals surface area contributed by atoms with E-state index in [1.54, 1.807) is 11.6 Å². The highest BCUT2D eigenvalue weighted by molar-refractivity contribution is 7.37. The van der Waals surface area contributed by atoms with Gasteiger partial charge in [0.05, 0.1) is 44.5 Å². The molecule has 0 spiro atoms. The largest absolute Gasteiger partial charge is 0.465 e. The maximum absolute atomic E-state index is 12.2. The minimum Gasteiger partial charge on any atom is -0.465 e. The van der Waals surface area contributed by atoms with Crippen LogP contribution in [-0.4, -0.2) is 72.0 Å². The molecule has 1 saturated carbocycles. The molecule has 2 unspecified atom stereocenters. The van der Waals surface area contributed by atoms with Crippen molar-refractivity contribution < 1.29 is 14.3 Å². The van der Waals surface area contributed by atoms with Crippen LogP contribution in [0.25, 0.3) is 0 Å². The van der Waals surface area contributed by atoms with Gasteiger partial charge in [0, 0.05) is 0 Å². The Morgan fingerprint density at radius 1 is 1.40 bits per heavy atom. The van der Waals surface area contributed by atoms with E-state index >= 15 is 0 Å². The molecular formula is C11H14B4NO3P. The monoisotopic (exact) mass is 283 g/mol. The van der Waals surface area contributed by atoms with Crippen LogP contribution in [0, 0.1) is 5.92 Å². The summed E-state index contributed by atoms with van der Waals surface area (Å²) in [6.45, 7) is 1.74. The Kier molecular flexibility index (Phi) is 4.47. The van der Waals surface area contributed by atoms with Gasteiger partial charge in [-0.2, -0.15) is 0 Å². The Morgan fingerprint density at radius 2 is 2.00 bits per heavy atom. The summed E-state index contributed by atoms with van der Waals surface area (Å²) in [5.41, 5.74) is 0.490. The summed E-state index contributed by atoms with van der Waals surface area (Å²) in [7, 11) is 24.4. The summed E-state index contributed by atoms with van der Waals surface area (Å²) in [4.78, 5) is 24.1. The maximum Gasteiger partial charge on any atom is 0.315 e. The first-order valence-corrected chi connectivity index (χ1v) is 7.63. The van der Waals surface area contributed by atoms with Crippen molar-refractivity contribution in [3.8, 4) is 0 Å². The molecule has 1 saturated heterocycles. The number of nitrogens with zero attached hydrogens (tertiary/aromatic N) is 1. The summed E-state index contributed by atoms with van der Waals surface area (Å²) in [6, 6.07) is 0. The first-order valence-electron chi connectivity index (χ1n) is 6.60. The highest BCUT2D eigenvalue weighted by atomic mass is 31.1. The molecule has 0 N–H and O–H groups in total. The fourth-order valence-corrected chi connectivity index (χ4v) is 3.77. The van der Waals surface area contributed by atoms with E-state index in [9.17, 15) is 9.59 Å². The van der Waals surface area contributed by atoms with Gasteiger partial charge in [-0.1, -0.05) is 10.6 Å². The molecule has 1 heterocycles. The van der Waals surface area contributed by atoms with Gasteiger partial charge in [-0.3, -0.25) is 14.3 Å². The summed E-state index contributed by atoms with van der Waals surface area (Å²) in [5.74, 6) is -2.50. The lowest BCUT2D eigenvalue weighted by Crippen LogP contribution is -2.66. The van der Waals surface area contributed by atoms with E-state index in [0.717, 1.165) is 12.8 Å². The van der Waals surface area contributed by atoms with E-state index in [-0.39, 0.29) is 21.9 Å². The van der Waals surface area contributed by atoms with Crippen molar-refractivity contribution >= 4 is 51.9 Å².